The van der Waals surface area contributed by atoms with Crippen molar-refractivity contribution < 1.29 is 19.4 Å². The summed E-state index contributed by atoms with van der Waals surface area (Å²) in [6.45, 7) is 5.14. The summed E-state index contributed by atoms with van der Waals surface area (Å²) >= 11 is 0. The molecule has 84 valence electrons. The van der Waals surface area contributed by atoms with Crippen LogP contribution in [0.15, 0.2) is 30.9 Å². The normalized spacial score (nSPS) is 9.56. The van der Waals surface area contributed by atoms with Gasteiger partial charge in [0, 0.05) is 6.08 Å². The van der Waals surface area contributed by atoms with Crippen molar-refractivity contribution in [2.75, 3.05) is 0 Å². The maximum absolute atomic E-state index is 11.0. The molecule has 0 spiro atoms. The van der Waals surface area contributed by atoms with Gasteiger partial charge in [-0.2, -0.15) is 0 Å². The van der Waals surface area contributed by atoms with Gasteiger partial charge in [-0.1, -0.05) is 13.5 Å². The van der Waals surface area contributed by atoms with Gasteiger partial charge in [-0.3, -0.25) is 0 Å². The van der Waals surface area contributed by atoms with Gasteiger partial charge < -0.3 is 9.84 Å². The Morgan fingerprint density at radius 1 is 1.50 bits per heavy atom. The molecule has 0 fully saturated rings. The number of hydrogen-bond donors (Lipinski definition) is 1. The highest BCUT2D eigenvalue weighted by atomic mass is 16.5. The monoisotopic (exact) mass is 220 g/mol. The average Bonchev–Trinajstić information content (AvgIpc) is 2.29. The van der Waals surface area contributed by atoms with E-state index in [9.17, 15) is 9.59 Å². The summed E-state index contributed by atoms with van der Waals surface area (Å²) in [5, 5.41) is 8.80. The number of benzene rings is 1. The Labute approximate surface area is 93.2 Å². The molecule has 0 radical (unpaired) electrons. The number of esters is 1. The Kier molecular flexibility index (Phi) is 3.83. The van der Waals surface area contributed by atoms with Crippen LogP contribution in [0.25, 0.3) is 0 Å². The highest BCUT2D eigenvalue weighted by Crippen LogP contribution is 2.21. The minimum Gasteiger partial charge on any atom is -0.478 e. The lowest BCUT2D eigenvalue weighted by atomic mass is 10.1. The maximum Gasteiger partial charge on any atom is 0.335 e. The first-order valence-corrected chi connectivity index (χ1v) is 4.79. The molecule has 1 aromatic rings. The highest BCUT2D eigenvalue weighted by Gasteiger charge is 2.09. The van der Waals surface area contributed by atoms with Crippen LogP contribution in [0.2, 0.25) is 0 Å². The molecule has 0 saturated heterocycles. The minimum atomic E-state index is -1.00. The van der Waals surface area contributed by atoms with E-state index in [1.165, 1.54) is 18.2 Å². The van der Waals surface area contributed by atoms with Crippen molar-refractivity contribution in [1.29, 1.82) is 0 Å². The van der Waals surface area contributed by atoms with Crippen LogP contribution in [0.5, 0.6) is 5.75 Å². The number of carbonyl (C=O) groups is 2. The third-order valence-corrected chi connectivity index (χ3v) is 2.07. The lowest BCUT2D eigenvalue weighted by Crippen LogP contribution is -2.06. The molecular weight excluding hydrogens is 208 g/mol. The molecule has 0 bridgehead atoms. The zero-order valence-electron chi connectivity index (χ0n) is 8.90. The van der Waals surface area contributed by atoms with E-state index < -0.39 is 11.9 Å². The number of carboxylic acids is 1. The maximum atomic E-state index is 11.0. The van der Waals surface area contributed by atoms with Gasteiger partial charge in [-0.05, 0) is 30.2 Å². The average molecular weight is 220 g/mol. The fraction of sp³-hybridized carbons (Fsp3) is 0.167. The smallest absolute Gasteiger partial charge is 0.335 e. The summed E-state index contributed by atoms with van der Waals surface area (Å²) in [7, 11) is 0. The van der Waals surface area contributed by atoms with E-state index in [1.807, 2.05) is 6.92 Å². The molecule has 4 nitrogen and oxygen atoms in total. The number of aryl methyl sites for hydroxylation is 1. The Bertz CT molecular complexity index is 435. The van der Waals surface area contributed by atoms with Crippen LogP contribution < -0.4 is 4.74 Å². The van der Waals surface area contributed by atoms with Crippen molar-refractivity contribution >= 4 is 11.9 Å². The molecule has 0 atom stereocenters. The molecule has 0 saturated carbocycles. The topological polar surface area (TPSA) is 63.6 Å². The Hall–Kier alpha value is -2.10. The predicted molar refractivity (Wildman–Crippen MR) is 58.6 cm³/mol. The van der Waals surface area contributed by atoms with Gasteiger partial charge in [-0.25, -0.2) is 9.59 Å². The quantitative estimate of drug-likeness (QED) is 0.479. The summed E-state index contributed by atoms with van der Waals surface area (Å²) in [5.41, 5.74) is 0.852. The number of carboxylic acid groups (broad SMARTS) is 1. The zero-order chi connectivity index (χ0) is 12.1. The van der Waals surface area contributed by atoms with Gasteiger partial charge in [0.05, 0.1) is 5.56 Å². The zero-order valence-corrected chi connectivity index (χ0v) is 8.90. The van der Waals surface area contributed by atoms with Crippen LogP contribution in [-0.4, -0.2) is 17.0 Å². The van der Waals surface area contributed by atoms with E-state index in [0.29, 0.717) is 17.7 Å². The first-order valence-electron chi connectivity index (χ1n) is 4.79. The van der Waals surface area contributed by atoms with Gasteiger partial charge in [0.25, 0.3) is 0 Å². The third-order valence-electron chi connectivity index (χ3n) is 2.07. The van der Waals surface area contributed by atoms with Crippen molar-refractivity contribution in [3.63, 3.8) is 0 Å². The second-order valence-corrected chi connectivity index (χ2v) is 3.11. The standard InChI is InChI=1S/C12H12O4/c1-3-8-7-9(12(14)15)5-6-10(8)16-11(13)4-2/h4-7H,2-3H2,1H3,(H,14,15). The summed E-state index contributed by atoms with van der Waals surface area (Å²) in [6.07, 6.45) is 1.64. The third kappa shape index (κ3) is 2.70. The Morgan fingerprint density at radius 2 is 2.19 bits per heavy atom. The molecule has 0 amide bonds. The number of rotatable bonds is 4. The van der Waals surface area contributed by atoms with Crippen molar-refractivity contribution in [2.45, 2.75) is 13.3 Å². The van der Waals surface area contributed by atoms with Crippen LogP contribution in [0.1, 0.15) is 22.8 Å². The molecule has 4 heteroatoms. The fourth-order valence-corrected chi connectivity index (χ4v) is 1.24. The fourth-order valence-electron chi connectivity index (χ4n) is 1.24. The van der Waals surface area contributed by atoms with E-state index >= 15 is 0 Å². The van der Waals surface area contributed by atoms with Gasteiger partial charge in [0.1, 0.15) is 5.75 Å². The van der Waals surface area contributed by atoms with Crippen molar-refractivity contribution in [2.24, 2.45) is 0 Å². The van der Waals surface area contributed by atoms with Crippen LogP contribution in [0, 0.1) is 0 Å². The summed E-state index contributed by atoms with van der Waals surface area (Å²) in [6, 6.07) is 4.37. The number of ether oxygens (including phenoxy) is 1. The minimum absolute atomic E-state index is 0.176. The number of aromatic carboxylic acids is 1. The van der Waals surface area contributed by atoms with Crippen LogP contribution in [0.3, 0.4) is 0 Å². The second kappa shape index (κ2) is 5.11. The molecule has 0 heterocycles. The van der Waals surface area contributed by atoms with Gasteiger partial charge >= 0.3 is 11.9 Å². The molecule has 1 N–H and O–H groups in total. The molecule has 1 aromatic carbocycles. The number of hydrogen-bond acceptors (Lipinski definition) is 3. The first kappa shape index (κ1) is 12.0. The Balaban J connectivity index is 3.06. The Morgan fingerprint density at radius 3 is 2.69 bits per heavy atom. The highest BCUT2D eigenvalue weighted by molar-refractivity contribution is 5.88. The van der Waals surface area contributed by atoms with E-state index in [2.05, 4.69) is 6.58 Å². The molecular formula is C12H12O4. The van der Waals surface area contributed by atoms with Crippen molar-refractivity contribution in [3.05, 3.63) is 42.0 Å². The van der Waals surface area contributed by atoms with Gasteiger partial charge in [0.15, 0.2) is 0 Å². The molecule has 0 unspecified atom stereocenters. The summed E-state index contributed by atoms with van der Waals surface area (Å²) in [5.74, 6) is -1.19. The number of carbonyl (C=O) groups excluding carboxylic acids is 1. The van der Waals surface area contributed by atoms with E-state index in [-0.39, 0.29) is 5.56 Å². The first-order chi connectivity index (χ1) is 7.58. The second-order valence-electron chi connectivity index (χ2n) is 3.11. The van der Waals surface area contributed by atoms with E-state index in [4.69, 9.17) is 9.84 Å². The molecule has 0 aliphatic rings. The van der Waals surface area contributed by atoms with Crippen LogP contribution in [-0.2, 0) is 11.2 Å². The van der Waals surface area contributed by atoms with Crippen molar-refractivity contribution in [1.82, 2.24) is 0 Å². The van der Waals surface area contributed by atoms with Crippen LogP contribution >= 0.6 is 0 Å². The molecule has 0 aromatic heterocycles. The summed E-state index contributed by atoms with van der Waals surface area (Å²) in [4.78, 5) is 21.7. The molecule has 0 aliphatic heterocycles. The lowest BCUT2D eigenvalue weighted by Gasteiger charge is -2.07. The molecule has 1 rings (SSSR count). The van der Waals surface area contributed by atoms with E-state index in [0.717, 1.165) is 6.08 Å². The SMILES string of the molecule is C=CC(=O)Oc1ccc(C(=O)O)cc1CC. The summed E-state index contributed by atoms with van der Waals surface area (Å²) < 4.78 is 4.97. The largest absolute Gasteiger partial charge is 0.478 e. The van der Waals surface area contributed by atoms with Crippen LogP contribution in [0.4, 0.5) is 0 Å². The van der Waals surface area contributed by atoms with Crippen molar-refractivity contribution in [3.8, 4) is 5.75 Å². The molecule has 16 heavy (non-hydrogen) atoms. The predicted octanol–water partition coefficient (Wildman–Crippen LogP) is 2.04. The van der Waals surface area contributed by atoms with E-state index in [1.54, 1.807) is 0 Å². The molecule has 0 aliphatic carbocycles. The van der Waals surface area contributed by atoms with Gasteiger partial charge in [-0.15, -0.1) is 0 Å². The van der Waals surface area contributed by atoms with Gasteiger partial charge in [0.2, 0.25) is 0 Å². The lowest BCUT2D eigenvalue weighted by molar-refractivity contribution is -0.129.